The number of amides is 3. The number of fused-ring (bicyclic) bond motifs is 1. The molecular weight excluding hydrogens is 751 g/mol. The number of hydrogen-bond acceptors (Lipinski definition) is 8. The van der Waals surface area contributed by atoms with Gasteiger partial charge in [-0.05, 0) is 88.3 Å². The summed E-state index contributed by atoms with van der Waals surface area (Å²) in [5.74, 6) is 0.443. The minimum Gasteiger partial charge on any atom is -0.481 e. The molecule has 3 aliphatic rings. The van der Waals surface area contributed by atoms with Crippen molar-refractivity contribution in [3.05, 3.63) is 87.5 Å². The third kappa shape index (κ3) is 8.96. The summed E-state index contributed by atoms with van der Waals surface area (Å²) in [7, 11) is 1.54. The molecule has 3 amide bonds. The Hall–Kier alpha value is -4.71. The number of benzene rings is 2. The minimum absolute atomic E-state index is 0.0274. The first-order valence-electron chi connectivity index (χ1n) is 19.3. The van der Waals surface area contributed by atoms with E-state index in [4.69, 9.17) is 42.6 Å². The molecule has 56 heavy (non-hydrogen) atoms. The number of aryl methyl sites for hydroxylation is 1. The lowest BCUT2D eigenvalue weighted by Crippen LogP contribution is -2.43. The Morgan fingerprint density at radius 3 is 2.36 bits per heavy atom. The number of methoxy groups -OCH3 is 1. The zero-order chi connectivity index (χ0) is 39.6. The van der Waals surface area contributed by atoms with Crippen molar-refractivity contribution in [3.8, 4) is 39.5 Å². The average Bonchev–Trinajstić information content (AvgIpc) is 3.79. The molecule has 0 spiro atoms. The van der Waals surface area contributed by atoms with Gasteiger partial charge < -0.3 is 30.3 Å². The number of carbonyl (C=O) groups excluding carboxylic acids is 3. The van der Waals surface area contributed by atoms with Gasteiger partial charge in [-0.2, -0.15) is 0 Å². The van der Waals surface area contributed by atoms with E-state index in [1.165, 1.54) is 18.2 Å². The van der Waals surface area contributed by atoms with Gasteiger partial charge in [0.1, 0.15) is 5.60 Å². The van der Waals surface area contributed by atoms with E-state index >= 15 is 0 Å². The molecule has 2 aliphatic heterocycles. The second-order valence-electron chi connectivity index (χ2n) is 15.8. The van der Waals surface area contributed by atoms with Crippen LogP contribution in [-0.4, -0.2) is 70.7 Å². The van der Waals surface area contributed by atoms with E-state index in [1.54, 1.807) is 11.1 Å². The van der Waals surface area contributed by atoms with Gasteiger partial charge in [-0.3, -0.25) is 14.6 Å². The zero-order valence-electron chi connectivity index (χ0n) is 32.2. The van der Waals surface area contributed by atoms with Gasteiger partial charge in [-0.25, -0.2) is 9.78 Å². The van der Waals surface area contributed by atoms with Crippen molar-refractivity contribution in [2.75, 3.05) is 20.2 Å². The molecule has 1 unspecified atom stereocenters. The van der Waals surface area contributed by atoms with Crippen LogP contribution in [0.3, 0.4) is 0 Å². The van der Waals surface area contributed by atoms with Gasteiger partial charge in [-0.15, -0.1) is 0 Å². The molecule has 2 fully saturated rings. The molecule has 1 aliphatic carbocycles. The number of nitrogens with zero attached hydrogens (tertiary/aromatic N) is 3. The molecule has 0 saturated carbocycles. The number of halogens is 2. The minimum atomic E-state index is -0.695. The molecule has 2 aromatic heterocycles. The van der Waals surface area contributed by atoms with E-state index in [0.717, 1.165) is 48.9 Å². The van der Waals surface area contributed by atoms with Crippen molar-refractivity contribution in [2.45, 2.75) is 96.0 Å². The van der Waals surface area contributed by atoms with Crippen LogP contribution < -0.4 is 20.7 Å². The van der Waals surface area contributed by atoms with Crippen molar-refractivity contribution >= 4 is 41.1 Å². The summed E-state index contributed by atoms with van der Waals surface area (Å²) in [5, 5.41) is 10.7. The summed E-state index contributed by atoms with van der Waals surface area (Å²) >= 11 is 14.4. The molecule has 0 radical (unpaired) electrons. The molecular formula is C43H48Cl2N6O5. The van der Waals surface area contributed by atoms with Gasteiger partial charge in [0.2, 0.25) is 17.7 Å². The number of ether oxygens (including phenoxy) is 2. The monoisotopic (exact) mass is 798 g/mol. The smallest absolute Gasteiger partial charge is 0.410 e. The quantitative estimate of drug-likeness (QED) is 0.139. The second kappa shape index (κ2) is 16.8. The predicted octanol–water partition coefficient (Wildman–Crippen LogP) is 8.05. The number of hydrogen-bond donors (Lipinski definition) is 3. The molecule has 7 rings (SSSR count). The van der Waals surface area contributed by atoms with Crippen LogP contribution >= 0.6 is 23.2 Å². The van der Waals surface area contributed by atoms with E-state index in [2.05, 4.69) is 34.1 Å². The molecule has 11 nitrogen and oxygen atoms in total. The molecule has 0 bridgehead atoms. The molecule has 13 heteroatoms. The van der Waals surface area contributed by atoms with Crippen molar-refractivity contribution in [3.63, 3.8) is 0 Å². The summed E-state index contributed by atoms with van der Waals surface area (Å²) in [6, 6.07) is 18.0. The zero-order valence-corrected chi connectivity index (χ0v) is 33.7. The molecule has 2 aromatic carbocycles. The number of carbonyl (C=O) groups is 3. The highest BCUT2D eigenvalue weighted by molar-refractivity contribution is 6.39. The molecule has 3 N–H and O–H groups in total. The van der Waals surface area contributed by atoms with E-state index in [1.807, 2.05) is 57.2 Å². The van der Waals surface area contributed by atoms with Crippen LogP contribution in [0.15, 0.2) is 60.8 Å². The largest absolute Gasteiger partial charge is 0.481 e. The third-order valence-corrected chi connectivity index (χ3v) is 11.3. The molecule has 4 heterocycles. The Morgan fingerprint density at radius 2 is 1.64 bits per heavy atom. The number of aromatic nitrogens is 2. The van der Waals surface area contributed by atoms with E-state index in [0.29, 0.717) is 64.2 Å². The molecule has 4 aromatic rings. The van der Waals surface area contributed by atoms with E-state index in [9.17, 15) is 14.4 Å². The summed E-state index contributed by atoms with van der Waals surface area (Å²) in [6.45, 7) is 6.67. The topological polar surface area (TPSA) is 135 Å². The van der Waals surface area contributed by atoms with Crippen molar-refractivity contribution < 1.29 is 23.9 Å². The fourth-order valence-electron chi connectivity index (χ4n) is 7.81. The van der Waals surface area contributed by atoms with Crippen LogP contribution in [-0.2, 0) is 27.3 Å². The highest BCUT2D eigenvalue weighted by Gasteiger charge is 2.30. The summed E-state index contributed by atoms with van der Waals surface area (Å²) in [6.07, 6.45) is 6.88. The summed E-state index contributed by atoms with van der Waals surface area (Å²) in [4.78, 5) is 48.0. The molecule has 2 saturated heterocycles. The van der Waals surface area contributed by atoms with Gasteiger partial charge in [0.05, 0.1) is 35.1 Å². The van der Waals surface area contributed by atoms with Gasteiger partial charge in [0, 0.05) is 78.1 Å². The SMILES string of the molecule is COc1nc(-c2cccc(-c3ccnc(-c4ccc5c(c4)CCCC5NC[C@@H]4CCC(=O)N4)c3Cl)c2Cl)ccc1CN(C[C@@H]1CCC(=O)N1)C(=O)OC(C)(C)C. The maximum absolute atomic E-state index is 13.3. The van der Waals surface area contributed by atoms with Crippen LogP contribution in [0.1, 0.15) is 82.0 Å². The van der Waals surface area contributed by atoms with Crippen LogP contribution in [0.4, 0.5) is 4.79 Å². The second-order valence-corrected chi connectivity index (χ2v) is 16.5. The third-order valence-electron chi connectivity index (χ3n) is 10.6. The maximum Gasteiger partial charge on any atom is 0.410 e. The van der Waals surface area contributed by atoms with E-state index < -0.39 is 11.7 Å². The normalized spacial score (nSPS) is 19.3. The van der Waals surface area contributed by atoms with E-state index in [-0.39, 0.29) is 36.5 Å². The Bertz CT molecular complexity index is 2140. The van der Waals surface area contributed by atoms with Gasteiger partial charge in [-0.1, -0.05) is 53.5 Å². The maximum atomic E-state index is 13.3. The standard InChI is InChI=1S/C43H48Cl2N6O5/c1-43(2,3)56-42(54)51(24-29-14-18-37(53)49-29)23-27-12-16-35(50-41(27)55-4)33-9-6-8-31(38(33)44)32-19-20-46-40(39(32)45)26-11-15-30-25(21-26)7-5-10-34(30)47-22-28-13-17-36(52)48-28/h6,8-9,11-12,15-16,19-21,28-29,34,47H,5,7,10,13-14,17-18,22-24H2,1-4H3,(H,48,52)(H,49,53)/t28-,29-,34?/m0/s1. The lowest BCUT2D eigenvalue weighted by molar-refractivity contribution is -0.120. The first-order valence-corrected chi connectivity index (χ1v) is 20.0. The first-order chi connectivity index (χ1) is 26.9. The lowest BCUT2D eigenvalue weighted by atomic mass is 9.86. The average molecular weight is 800 g/mol. The first kappa shape index (κ1) is 39.5. The molecule has 294 valence electrons. The summed E-state index contributed by atoms with van der Waals surface area (Å²) in [5.41, 5.74) is 6.89. The summed E-state index contributed by atoms with van der Waals surface area (Å²) < 4.78 is 11.5. The Labute approximate surface area is 337 Å². The van der Waals surface area contributed by atoms with Gasteiger partial charge in [0.25, 0.3) is 0 Å². The van der Waals surface area contributed by atoms with Crippen molar-refractivity contribution in [1.82, 2.24) is 30.8 Å². The molecule has 3 atom stereocenters. The predicted molar refractivity (Wildman–Crippen MR) is 218 cm³/mol. The van der Waals surface area contributed by atoms with Crippen LogP contribution in [0, 0.1) is 0 Å². The fourth-order valence-corrected chi connectivity index (χ4v) is 8.46. The number of nitrogens with one attached hydrogen (secondary N) is 3. The highest BCUT2D eigenvalue weighted by atomic mass is 35.5. The lowest BCUT2D eigenvalue weighted by Gasteiger charge is -2.29. The van der Waals surface area contributed by atoms with Crippen LogP contribution in [0.25, 0.3) is 33.6 Å². The van der Waals surface area contributed by atoms with Crippen molar-refractivity contribution in [2.24, 2.45) is 0 Å². The Morgan fingerprint density at radius 1 is 0.911 bits per heavy atom. The highest BCUT2D eigenvalue weighted by Crippen LogP contribution is 2.42. The Balaban J connectivity index is 1.13. The fraction of sp³-hybridized carbons (Fsp3) is 0.419. The van der Waals surface area contributed by atoms with Crippen LogP contribution in [0.5, 0.6) is 5.88 Å². The van der Waals surface area contributed by atoms with Gasteiger partial charge in [0.15, 0.2) is 0 Å². The number of pyridine rings is 2. The van der Waals surface area contributed by atoms with Crippen LogP contribution in [0.2, 0.25) is 10.0 Å². The van der Waals surface area contributed by atoms with Crippen molar-refractivity contribution in [1.29, 1.82) is 0 Å². The van der Waals surface area contributed by atoms with Gasteiger partial charge >= 0.3 is 6.09 Å². The number of rotatable bonds is 11. The Kier molecular flexibility index (Phi) is 11.9.